The molecule has 6 nitrogen and oxygen atoms in total. The lowest BCUT2D eigenvalue weighted by Gasteiger charge is -2.08. The molecule has 5 N–H and O–H groups in total. The Morgan fingerprint density at radius 1 is 1.20 bits per heavy atom. The van der Waals surface area contributed by atoms with Crippen LogP contribution in [0.3, 0.4) is 0 Å². The fraction of sp³-hybridized carbons (Fsp3) is 0.158. The average Bonchev–Trinajstić information content (AvgIpc) is 3.18. The quantitative estimate of drug-likeness (QED) is 0.403. The van der Waals surface area contributed by atoms with Gasteiger partial charge in [-0.05, 0) is 49.2 Å². The fourth-order valence-corrected chi connectivity index (χ4v) is 2.83. The van der Waals surface area contributed by atoms with Gasteiger partial charge in [-0.2, -0.15) is 5.10 Å². The third kappa shape index (κ3) is 2.71. The predicted molar refractivity (Wildman–Crippen MR) is 98.8 cm³/mol. The maximum atomic E-state index is 9.92. The summed E-state index contributed by atoms with van der Waals surface area (Å²) in [4.78, 5) is 7.45. The van der Waals surface area contributed by atoms with Gasteiger partial charge in [-0.25, -0.2) is 4.98 Å². The number of hydrogen-bond acceptors (Lipinski definition) is 4. The molecule has 0 spiro atoms. The number of fused-ring (bicyclic) bond motifs is 2. The maximum Gasteiger partial charge on any atom is 0.153 e. The molecule has 4 aromatic rings. The first-order valence-corrected chi connectivity index (χ1v) is 7.88. The van der Waals surface area contributed by atoms with E-state index in [9.17, 15) is 5.11 Å². The molecule has 25 heavy (non-hydrogen) atoms. The smallest absolute Gasteiger partial charge is 0.153 e. The summed E-state index contributed by atoms with van der Waals surface area (Å²) in [7, 11) is 0. The van der Waals surface area contributed by atoms with Gasteiger partial charge in [0.15, 0.2) is 5.82 Å². The van der Waals surface area contributed by atoms with Crippen LogP contribution in [0.4, 0.5) is 5.82 Å². The first kappa shape index (κ1) is 15.2. The van der Waals surface area contributed by atoms with E-state index in [-0.39, 0.29) is 0 Å². The van der Waals surface area contributed by atoms with Crippen LogP contribution in [0.1, 0.15) is 19.4 Å². The van der Waals surface area contributed by atoms with Crippen molar-refractivity contribution in [1.82, 2.24) is 20.2 Å². The van der Waals surface area contributed by atoms with Gasteiger partial charge in [0.25, 0.3) is 0 Å². The standard InChI is InChI=1S/C19H17N5O/c1-19(2,25)6-3-11-9-12(10-15-16(11)23-24-17(15)20)13-4-7-21-18-14(13)5-8-22-18/h4-5,7-10,25H,1-2H3,(H,21,22)(H3,20,23,24). The van der Waals surface area contributed by atoms with Gasteiger partial charge >= 0.3 is 0 Å². The van der Waals surface area contributed by atoms with Crippen molar-refractivity contribution in [1.29, 1.82) is 0 Å². The van der Waals surface area contributed by atoms with Crippen molar-refractivity contribution >= 4 is 27.8 Å². The van der Waals surface area contributed by atoms with Crippen molar-refractivity contribution in [3.8, 4) is 23.0 Å². The van der Waals surface area contributed by atoms with Crippen molar-refractivity contribution in [3.05, 3.63) is 42.2 Å². The summed E-state index contributed by atoms with van der Waals surface area (Å²) in [6, 6.07) is 7.91. The van der Waals surface area contributed by atoms with Crippen molar-refractivity contribution in [2.45, 2.75) is 19.4 Å². The van der Waals surface area contributed by atoms with E-state index in [0.29, 0.717) is 5.82 Å². The summed E-state index contributed by atoms with van der Waals surface area (Å²) in [5.74, 6) is 6.31. The number of nitrogen functional groups attached to an aromatic ring is 1. The second-order valence-electron chi connectivity index (χ2n) is 6.46. The molecule has 0 bridgehead atoms. The molecule has 3 heterocycles. The number of rotatable bonds is 1. The summed E-state index contributed by atoms with van der Waals surface area (Å²) in [5, 5.41) is 18.8. The Labute approximate surface area is 144 Å². The second kappa shape index (κ2) is 5.36. The van der Waals surface area contributed by atoms with Gasteiger partial charge in [-0.1, -0.05) is 11.8 Å². The van der Waals surface area contributed by atoms with Crippen LogP contribution >= 0.6 is 0 Å². The number of benzene rings is 1. The minimum atomic E-state index is -1.08. The van der Waals surface area contributed by atoms with E-state index < -0.39 is 5.60 Å². The number of nitrogens with one attached hydrogen (secondary N) is 2. The van der Waals surface area contributed by atoms with Crippen LogP contribution in [0.25, 0.3) is 33.1 Å². The van der Waals surface area contributed by atoms with Crippen LogP contribution in [0.2, 0.25) is 0 Å². The van der Waals surface area contributed by atoms with Crippen molar-refractivity contribution in [3.63, 3.8) is 0 Å². The van der Waals surface area contributed by atoms with E-state index in [4.69, 9.17) is 5.73 Å². The molecule has 0 amide bonds. The molecular weight excluding hydrogens is 314 g/mol. The maximum absolute atomic E-state index is 9.92. The van der Waals surface area contributed by atoms with Crippen LogP contribution in [-0.2, 0) is 0 Å². The second-order valence-corrected chi connectivity index (χ2v) is 6.46. The minimum absolute atomic E-state index is 0.419. The SMILES string of the molecule is CC(C)(O)C#Cc1cc(-c2ccnc3[nH]ccc23)cc2c(N)n[nH]c12. The lowest BCUT2D eigenvalue weighted by molar-refractivity contribution is 0.143. The number of nitrogens with two attached hydrogens (primary N) is 1. The summed E-state index contributed by atoms with van der Waals surface area (Å²) >= 11 is 0. The number of pyridine rings is 1. The molecule has 0 fully saturated rings. The molecule has 0 aliphatic carbocycles. The van der Waals surface area contributed by atoms with Crippen LogP contribution in [0, 0.1) is 11.8 Å². The Morgan fingerprint density at radius 3 is 2.84 bits per heavy atom. The van der Waals surface area contributed by atoms with Gasteiger partial charge in [0.1, 0.15) is 11.2 Å². The van der Waals surface area contributed by atoms with Crippen molar-refractivity contribution in [2.75, 3.05) is 5.73 Å². The van der Waals surface area contributed by atoms with E-state index in [2.05, 4.69) is 32.0 Å². The van der Waals surface area contributed by atoms with Gasteiger partial charge < -0.3 is 15.8 Å². The minimum Gasteiger partial charge on any atom is -0.382 e. The summed E-state index contributed by atoms with van der Waals surface area (Å²) in [6.45, 7) is 3.29. The molecule has 6 heteroatoms. The molecule has 0 atom stereocenters. The van der Waals surface area contributed by atoms with Crippen LogP contribution in [0.5, 0.6) is 0 Å². The zero-order valence-corrected chi connectivity index (χ0v) is 13.9. The fourth-order valence-electron chi connectivity index (χ4n) is 2.83. The molecule has 0 saturated heterocycles. The van der Waals surface area contributed by atoms with Crippen molar-refractivity contribution in [2.24, 2.45) is 0 Å². The molecule has 4 rings (SSSR count). The number of aliphatic hydroxyl groups is 1. The van der Waals surface area contributed by atoms with Crippen molar-refractivity contribution < 1.29 is 5.11 Å². The number of nitrogens with zero attached hydrogens (tertiary/aromatic N) is 2. The van der Waals surface area contributed by atoms with Gasteiger partial charge in [0.05, 0.1) is 11.1 Å². The molecule has 0 unspecified atom stereocenters. The highest BCUT2D eigenvalue weighted by atomic mass is 16.3. The van der Waals surface area contributed by atoms with E-state index in [1.165, 1.54) is 0 Å². The van der Waals surface area contributed by atoms with Crippen LogP contribution in [-0.4, -0.2) is 30.9 Å². The van der Waals surface area contributed by atoms with Crippen LogP contribution < -0.4 is 5.73 Å². The molecule has 0 saturated carbocycles. The largest absolute Gasteiger partial charge is 0.382 e. The lowest BCUT2D eigenvalue weighted by Crippen LogP contribution is -2.14. The highest BCUT2D eigenvalue weighted by Gasteiger charge is 2.13. The van der Waals surface area contributed by atoms with E-state index in [1.54, 1.807) is 20.0 Å². The zero-order valence-electron chi connectivity index (χ0n) is 13.9. The van der Waals surface area contributed by atoms with E-state index in [1.807, 2.05) is 30.5 Å². The highest BCUT2D eigenvalue weighted by Crippen LogP contribution is 2.32. The Hall–Kier alpha value is -3.30. The molecule has 0 aliphatic heterocycles. The average molecular weight is 331 g/mol. The number of aromatic amines is 2. The van der Waals surface area contributed by atoms with Crippen LogP contribution in [0.15, 0.2) is 36.7 Å². The monoisotopic (exact) mass is 331 g/mol. The molecule has 124 valence electrons. The topological polar surface area (TPSA) is 104 Å². The lowest BCUT2D eigenvalue weighted by atomic mass is 9.98. The van der Waals surface area contributed by atoms with Gasteiger partial charge in [0.2, 0.25) is 0 Å². The first-order chi connectivity index (χ1) is 11.9. The predicted octanol–water partition coefficient (Wildman–Crippen LogP) is 2.81. The zero-order chi connectivity index (χ0) is 17.6. The third-order valence-corrected chi connectivity index (χ3v) is 3.98. The Morgan fingerprint density at radius 2 is 2.04 bits per heavy atom. The van der Waals surface area contributed by atoms with Gasteiger partial charge in [0, 0.05) is 23.2 Å². The number of anilines is 1. The molecule has 1 aromatic carbocycles. The van der Waals surface area contributed by atoms with E-state index >= 15 is 0 Å². The Balaban J connectivity index is 2.00. The van der Waals surface area contributed by atoms with Gasteiger partial charge in [-0.3, -0.25) is 5.10 Å². The van der Waals surface area contributed by atoms with E-state index in [0.717, 1.165) is 38.6 Å². The summed E-state index contributed by atoms with van der Waals surface area (Å²) in [6.07, 6.45) is 3.63. The normalized spacial score (nSPS) is 11.6. The number of aromatic nitrogens is 4. The highest BCUT2D eigenvalue weighted by molar-refractivity contribution is 6.00. The first-order valence-electron chi connectivity index (χ1n) is 7.88. The number of hydrogen-bond donors (Lipinski definition) is 4. The molecule has 0 aliphatic rings. The summed E-state index contributed by atoms with van der Waals surface area (Å²) < 4.78 is 0. The third-order valence-electron chi connectivity index (χ3n) is 3.98. The molecule has 3 aromatic heterocycles. The Bertz CT molecular complexity index is 1150. The molecular formula is C19H17N5O. The van der Waals surface area contributed by atoms with Gasteiger partial charge in [-0.15, -0.1) is 0 Å². The number of H-pyrrole nitrogens is 2. The summed E-state index contributed by atoms with van der Waals surface area (Å²) in [5.41, 5.74) is 9.23. The molecule has 0 radical (unpaired) electrons. The Kier molecular flexibility index (Phi) is 3.27.